The average Bonchev–Trinajstić information content (AvgIpc) is 2.59. The Balaban J connectivity index is 1.82. The topological polar surface area (TPSA) is 115 Å². The minimum atomic E-state index is -1.17. The Morgan fingerprint density at radius 3 is 2.75 bits per heavy atom. The molecule has 0 radical (unpaired) electrons. The maximum atomic E-state index is 11.5. The molecule has 0 aliphatic carbocycles. The van der Waals surface area contributed by atoms with E-state index in [4.69, 9.17) is 15.6 Å². The predicted octanol–water partition coefficient (Wildman–Crippen LogP) is 1.64. The maximum absolute atomic E-state index is 11.5. The van der Waals surface area contributed by atoms with Crippen LogP contribution in [0.5, 0.6) is 0 Å². The second kappa shape index (κ2) is 8.19. The highest BCUT2D eigenvalue weighted by molar-refractivity contribution is 5.92. The largest absolute Gasteiger partial charge is 0.478 e. The number of nitrogens with zero attached hydrogens (tertiary/aromatic N) is 1. The Labute approximate surface area is 138 Å². The number of hydrogen-bond donors (Lipinski definition) is 3. The van der Waals surface area contributed by atoms with E-state index in [1.54, 1.807) is 0 Å². The van der Waals surface area contributed by atoms with Crippen LogP contribution in [0, 0.1) is 11.8 Å². The van der Waals surface area contributed by atoms with Gasteiger partial charge in [0, 0.05) is 11.8 Å². The van der Waals surface area contributed by atoms with Crippen molar-refractivity contribution in [3.8, 4) is 11.8 Å². The van der Waals surface area contributed by atoms with Crippen molar-refractivity contribution < 1.29 is 19.4 Å². The van der Waals surface area contributed by atoms with Crippen molar-refractivity contribution in [2.45, 2.75) is 6.61 Å². The van der Waals surface area contributed by atoms with Gasteiger partial charge in [0.1, 0.15) is 18.0 Å². The van der Waals surface area contributed by atoms with Gasteiger partial charge in [-0.25, -0.2) is 14.6 Å². The molecule has 1 amide bonds. The lowest BCUT2D eigenvalue weighted by Gasteiger charge is -2.04. The average molecular weight is 325 g/mol. The zero-order valence-electron chi connectivity index (χ0n) is 12.7. The summed E-state index contributed by atoms with van der Waals surface area (Å²) in [7, 11) is 0. The normalized spacial score (nSPS) is 9.50. The van der Waals surface area contributed by atoms with Crippen molar-refractivity contribution in [3.05, 3.63) is 59.3 Å². The van der Waals surface area contributed by atoms with E-state index >= 15 is 0 Å². The third kappa shape index (κ3) is 5.03. The van der Waals surface area contributed by atoms with Crippen LogP contribution < -0.4 is 11.1 Å². The number of ether oxygens (including phenoxy) is 1. The standard InChI is InChI=1S/C17H15N3O4/c18-15-14(16(21)22)9-13(10-20-15)7-4-8-19-17(23)24-11-12-5-2-1-3-6-12/h1-3,5-6,9-10H,8,11H2,(H2,18,20)(H,19,23)(H,21,22). The molecule has 0 bridgehead atoms. The summed E-state index contributed by atoms with van der Waals surface area (Å²) in [5, 5.41) is 11.4. The van der Waals surface area contributed by atoms with E-state index < -0.39 is 12.1 Å². The zero-order chi connectivity index (χ0) is 17.4. The van der Waals surface area contributed by atoms with E-state index in [-0.39, 0.29) is 24.5 Å². The molecule has 7 nitrogen and oxygen atoms in total. The minimum absolute atomic E-state index is 0.0560. The first kappa shape index (κ1) is 16.8. The molecular weight excluding hydrogens is 310 g/mol. The quantitative estimate of drug-likeness (QED) is 0.736. The molecule has 0 aliphatic rings. The minimum Gasteiger partial charge on any atom is -0.478 e. The summed E-state index contributed by atoms with van der Waals surface area (Å²) >= 11 is 0. The lowest BCUT2D eigenvalue weighted by atomic mass is 10.2. The Hall–Kier alpha value is -3.53. The van der Waals surface area contributed by atoms with Gasteiger partial charge in [0.15, 0.2) is 0 Å². The molecule has 0 saturated carbocycles. The fourth-order valence-corrected chi connectivity index (χ4v) is 1.75. The van der Waals surface area contributed by atoms with E-state index in [1.807, 2.05) is 30.3 Å². The smallest absolute Gasteiger partial charge is 0.408 e. The van der Waals surface area contributed by atoms with Gasteiger partial charge in [-0.1, -0.05) is 42.2 Å². The van der Waals surface area contributed by atoms with Crippen LogP contribution in [0.25, 0.3) is 0 Å². The van der Waals surface area contributed by atoms with Crippen LogP contribution in [-0.4, -0.2) is 28.7 Å². The number of anilines is 1. The first-order chi connectivity index (χ1) is 11.6. The highest BCUT2D eigenvalue weighted by atomic mass is 16.5. The van der Waals surface area contributed by atoms with Gasteiger partial charge in [-0.05, 0) is 11.6 Å². The molecule has 0 saturated heterocycles. The van der Waals surface area contributed by atoms with Gasteiger partial charge in [0.05, 0.1) is 6.54 Å². The number of alkyl carbamates (subject to hydrolysis) is 1. The number of aromatic carboxylic acids is 1. The molecule has 122 valence electrons. The van der Waals surface area contributed by atoms with Crippen LogP contribution in [-0.2, 0) is 11.3 Å². The van der Waals surface area contributed by atoms with Crippen molar-refractivity contribution in [1.82, 2.24) is 10.3 Å². The number of amides is 1. The van der Waals surface area contributed by atoms with Crippen LogP contribution in [0.3, 0.4) is 0 Å². The van der Waals surface area contributed by atoms with Crippen molar-refractivity contribution in [1.29, 1.82) is 0 Å². The molecule has 0 fully saturated rings. The molecule has 2 aromatic rings. The van der Waals surface area contributed by atoms with Crippen molar-refractivity contribution in [2.24, 2.45) is 0 Å². The number of carboxylic acids is 1. The summed E-state index contributed by atoms with van der Waals surface area (Å²) in [5.41, 5.74) is 6.61. The number of nitrogens with one attached hydrogen (secondary N) is 1. The van der Waals surface area contributed by atoms with Crippen molar-refractivity contribution >= 4 is 17.9 Å². The summed E-state index contributed by atoms with van der Waals surface area (Å²) in [6.45, 7) is 0.227. The van der Waals surface area contributed by atoms with E-state index in [9.17, 15) is 9.59 Å². The maximum Gasteiger partial charge on any atom is 0.408 e. The molecule has 2 rings (SSSR count). The highest BCUT2D eigenvalue weighted by Gasteiger charge is 2.08. The van der Waals surface area contributed by atoms with Gasteiger partial charge < -0.3 is 20.9 Å². The molecule has 7 heteroatoms. The van der Waals surface area contributed by atoms with E-state index in [2.05, 4.69) is 22.1 Å². The Kier molecular flexibility index (Phi) is 5.75. The van der Waals surface area contributed by atoms with Crippen LogP contribution in [0.4, 0.5) is 10.6 Å². The number of carbonyl (C=O) groups is 2. The van der Waals surface area contributed by atoms with Gasteiger partial charge >= 0.3 is 12.1 Å². The zero-order valence-corrected chi connectivity index (χ0v) is 12.7. The summed E-state index contributed by atoms with van der Waals surface area (Å²) in [6.07, 6.45) is 0.775. The third-order valence-corrected chi connectivity index (χ3v) is 2.92. The lowest BCUT2D eigenvalue weighted by molar-refractivity contribution is 0.0697. The Morgan fingerprint density at radius 1 is 1.29 bits per heavy atom. The van der Waals surface area contributed by atoms with Crippen LogP contribution in [0.2, 0.25) is 0 Å². The summed E-state index contributed by atoms with van der Waals surface area (Å²) in [6, 6.07) is 10.6. The molecule has 1 heterocycles. The number of nitrogens with two attached hydrogens (primary N) is 1. The van der Waals surface area contributed by atoms with Gasteiger partial charge in [-0.3, -0.25) is 0 Å². The number of pyridine rings is 1. The number of aromatic nitrogens is 1. The fraction of sp³-hybridized carbons (Fsp3) is 0.118. The number of nitrogen functional groups attached to an aromatic ring is 1. The molecule has 4 N–H and O–H groups in total. The molecule has 1 aromatic heterocycles. The van der Waals surface area contributed by atoms with Gasteiger partial charge in [-0.2, -0.15) is 0 Å². The van der Waals surface area contributed by atoms with Crippen LogP contribution in [0.15, 0.2) is 42.6 Å². The molecule has 0 spiro atoms. The van der Waals surface area contributed by atoms with E-state index in [1.165, 1.54) is 12.3 Å². The third-order valence-electron chi connectivity index (χ3n) is 2.92. The molecular formula is C17H15N3O4. The Morgan fingerprint density at radius 2 is 2.04 bits per heavy atom. The lowest BCUT2D eigenvalue weighted by Crippen LogP contribution is -2.24. The number of carboxylic acid groups (broad SMARTS) is 1. The summed E-state index contributed by atoms with van der Waals surface area (Å²) in [4.78, 5) is 26.2. The second-order valence-electron chi connectivity index (χ2n) is 4.68. The first-order valence-corrected chi connectivity index (χ1v) is 6.98. The van der Waals surface area contributed by atoms with Crippen LogP contribution in [0.1, 0.15) is 21.5 Å². The van der Waals surface area contributed by atoms with Crippen molar-refractivity contribution in [2.75, 3.05) is 12.3 Å². The predicted molar refractivity (Wildman–Crippen MR) is 87.1 cm³/mol. The molecule has 0 aliphatic heterocycles. The van der Waals surface area contributed by atoms with Crippen molar-refractivity contribution in [3.63, 3.8) is 0 Å². The first-order valence-electron chi connectivity index (χ1n) is 6.98. The van der Waals surface area contributed by atoms with Gasteiger partial charge in [0.25, 0.3) is 0 Å². The van der Waals surface area contributed by atoms with E-state index in [0.29, 0.717) is 5.56 Å². The molecule has 1 aromatic carbocycles. The SMILES string of the molecule is Nc1ncc(C#CCNC(=O)OCc2ccccc2)cc1C(=O)O. The number of carbonyl (C=O) groups excluding carboxylic acids is 1. The molecule has 24 heavy (non-hydrogen) atoms. The molecule has 0 unspecified atom stereocenters. The van der Waals surface area contributed by atoms with E-state index in [0.717, 1.165) is 5.56 Å². The second-order valence-corrected chi connectivity index (χ2v) is 4.68. The fourth-order valence-electron chi connectivity index (χ4n) is 1.75. The van der Waals surface area contributed by atoms with Gasteiger partial charge in [-0.15, -0.1) is 0 Å². The highest BCUT2D eigenvalue weighted by Crippen LogP contribution is 2.09. The number of rotatable bonds is 4. The molecule has 0 atom stereocenters. The summed E-state index contributed by atoms with van der Waals surface area (Å²) < 4.78 is 5.02. The number of benzene rings is 1. The summed E-state index contributed by atoms with van der Waals surface area (Å²) in [5.74, 6) is 4.13. The monoisotopic (exact) mass is 325 g/mol. The number of hydrogen-bond acceptors (Lipinski definition) is 5. The Bertz CT molecular complexity index is 794. The van der Waals surface area contributed by atoms with Crippen LogP contribution >= 0.6 is 0 Å². The van der Waals surface area contributed by atoms with Gasteiger partial charge in [0.2, 0.25) is 0 Å².